The molecule has 24 heavy (non-hydrogen) atoms. The van der Waals surface area contributed by atoms with Gasteiger partial charge < -0.3 is 5.32 Å². The Morgan fingerprint density at radius 3 is 1.92 bits per heavy atom. The molecule has 0 unspecified atom stereocenters. The minimum Gasteiger partial charge on any atom is -0.309 e. The second-order valence-corrected chi connectivity index (χ2v) is 6.34. The Balaban J connectivity index is 2.06. The Bertz CT molecular complexity index is 866. The maximum atomic E-state index is 13.2. The van der Waals surface area contributed by atoms with Crippen LogP contribution in [0.5, 0.6) is 0 Å². The molecule has 1 aliphatic heterocycles. The van der Waals surface area contributed by atoms with E-state index >= 15 is 0 Å². The molecule has 0 saturated carbocycles. The smallest absolute Gasteiger partial charge is 0.245 e. The summed E-state index contributed by atoms with van der Waals surface area (Å²) in [6, 6.07) is 20.2. The fourth-order valence-corrected chi connectivity index (χ4v) is 3.48. The zero-order valence-corrected chi connectivity index (χ0v) is 13.7. The summed E-state index contributed by atoms with van der Waals surface area (Å²) < 4.78 is 0. The molecule has 3 nitrogen and oxygen atoms in total. The zero-order chi connectivity index (χ0) is 16.7. The summed E-state index contributed by atoms with van der Waals surface area (Å²) >= 11 is 0. The van der Waals surface area contributed by atoms with Gasteiger partial charge in [-0.3, -0.25) is 4.79 Å². The normalized spacial score (nSPS) is 15.0. The van der Waals surface area contributed by atoms with Crippen molar-refractivity contribution in [2.75, 3.05) is 5.32 Å². The summed E-state index contributed by atoms with van der Waals surface area (Å²) in [6.45, 7) is 4.10. The van der Waals surface area contributed by atoms with Crippen LogP contribution >= 0.6 is 0 Å². The molecule has 0 bridgehead atoms. The van der Waals surface area contributed by atoms with Gasteiger partial charge in [0.2, 0.25) is 5.91 Å². The second-order valence-electron chi connectivity index (χ2n) is 6.34. The van der Waals surface area contributed by atoms with Crippen molar-refractivity contribution >= 4 is 11.7 Å². The van der Waals surface area contributed by atoms with E-state index in [1.807, 2.05) is 74.5 Å². The van der Waals surface area contributed by atoms with Crippen LogP contribution in [0.15, 0.2) is 66.9 Å². The van der Waals surface area contributed by atoms with Crippen LogP contribution < -0.4 is 5.32 Å². The van der Waals surface area contributed by atoms with E-state index in [9.17, 15) is 4.79 Å². The largest absolute Gasteiger partial charge is 0.309 e. The van der Waals surface area contributed by atoms with Gasteiger partial charge in [0.05, 0.1) is 0 Å². The lowest BCUT2D eigenvalue weighted by Crippen LogP contribution is -2.37. The lowest BCUT2D eigenvalue weighted by molar-refractivity contribution is -0.118. The molecule has 0 saturated heterocycles. The molecule has 0 radical (unpaired) electrons. The monoisotopic (exact) mass is 314 g/mol. The number of aryl methyl sites for hydroxylation is 2. The Labute approximate surface area is 141 Å². The van der Waals surface area contributed by atoms with E-state index in [2.05, 4.69) is 10.3 Å². The number of carbonyl (C=O) groups is 1. The van der Waals surface area contributed by atoms with Gasteiger partial charge in [0, 0.05) is 11.8 Å². The summed E-state index contributed by atoms with van der Waals surface area (Å²) in [5.74, 6) is 0.590. The van der Waals surface area contributed by atoms with E-state index in [0.717, 1.165) is 16.7 Å². The van der Waals surface area contributed by atoms with Crippen LogP contribution in [-0.2, 0) is 10.2 Å². The molecule has 1 amide bonds. The number of fused-ring (bicyclic) bond motifs is 1. The molecule has 2 aromatic carbocycles. The highest BCUT2D eigenvalue weighted by Gasteiger charge is 2.50. The van der Waals surface area contributed by atoms with E-state index in [4.69, 9.17) is 0 Å². The van der Waals surface area contributed by atoms with E-state index in [0.29, 0.717) is 5.82 Å². The first-order valence-electron chi connectivity index (χ1n) is 8.03. The van der Waals surface area contributed by atoms with Gasteiger partial charge in [0.15, 0.2) is 0 Å². The molecule has 0 fully saturated rings. The maximum absolute atomic E-state index is 13.2. The van der Waals surface area contributed by atoms with Crippen molar-refractivity contribution in [3.8, 4) is 0 Å². The summed E-state index contributed by atoms with van der Waals surface area (Å²) in [6.07, 6.45) is 1.71. The molecule has 0 spiro atoms. The molecule has 118 valence electrons. The van der Waals surface area contributed by atoms with Gasteiger partial charge in [0.25, 0.3) is 0 Å². The SMILES string of the molecule is Cc1ccc(C2(c3ccc(C)cc3)C(=O)Nc3ncccc32)cc1. The van der Waals surface area contributed by atoms with Crippen molar-refractivity contribution in [1.82, 2.24) is 4.98 Å². The van der Waals surface area contributed by atoms with Gasteiger partial charge in [-0.2, -0.15) is 0 Å². The van der Waals surface area contributed by atoms with Crippen molar-refractivity contribution in [2.24, 2.45) is 0 Å². The first-order valence-corrected chi connectivity index (χ1v) is 8.03. The number of anilines is 1. The van der Waals surface area contributed by atoms with Crippen LogP contribution in [0.4, 0.5) is 5.82 Å². The third-order valence-electron chi connectivity index (χ3n) is 4.75. The summed E-state index contributed by atoms with van der Waals surface area (Å²) in [4.78, 5) is 17.5. The third kappa shape index (κ3) is 1.98. The number of carbonyl (C=O) groups excluding carboxylic acids is 1. The first-order chi connectivity index (χ1) is 11.6. The third-order valence-corrected chi connectivity index (χ3v) is 4.75. The Morgan fingerprint density at radius 1 is 0.833 bits per heavy atom. The molecular weight excluding hydrogens is 296 g/mol. The Kier molecular flexibility index (Phi) is 3.24. The van der Waals surface area contributed by atoms with Crippen LogP contribution in [-0.4, -0.2) is 10.9 Å². The second kappa shape index (κ2) is 5.31. The number of nitrogens with zero attached hydrogens (tertiary/aromatic N) is 1. The maximum Gasteiger partial charge on any atom is 0.245 e. The Hall–Kier alpha value is -2.94. The summed E-state index contributed by atoms with van der Waals surface area (Å²) in [5, 5.41) is 2.96. The van der Waals surface area contributed by atoms with Crippen molar-refractivity contribution in [1.29, 1.82) is 0 Å². The average Bonchev–Trinajstić information content (AvgIpc) is 2.89. The van der Waals surface area contributed by atoms with Crippen LogP contribution in [0.1, 0.15) is 27.8 Å². The molecule has 4 rings (SSSR count). The zero-order valence-electron chi connectivity index (χ0n) is 13.7. The van der Waals surface area contributed by atoms with Crippen molar-refractivity contribution < 1.29 is 4.79 Å². The average molecular weight is 314 g/mol. The summed E-state index contributed by atoms with van der Waals surface area (Å²) in [7, 11) is 0. The van der Waals surface area contributed by atoms with E-state index in [-0.39, 0.29) is 5.91 Å². The van der Waals surface area contributed by atoms with Crippen LogP contribution in [0, 0.1) is 13.8 Å². The predicted octanol–water partition coefficient (Wildman–Crippen LogP) is 3.98. The number of benzene rings is 2. The number of rotatable bonds is 2. The number of pyridine rings is 1. The highest BCUT2D eigenvalue weighted by Crippen LogP contribution is 2.46. The number of amides is 1. The molecule has 0 atom stereocenters. The molecule has 2 heterocycles. The predicted molar refractivity (Wildman–Crippen MR) is 95.1 cm³/mol. The molecule has 3 aromatic rings. The summed E-state index contributed by atoms with van der Waals surface area (Å²) in [5.41, 5.74) is 4.31. The standard InChI is InChI=1S/C21H18N2O/c1-14-5-9-16(10-6-14)21(17-11-7-15(2)8-12-17)18-4-3-13-22-19(18)23-20(21)24/h3-13H,1-2H3,(H,22,23,24). The number of hydrogen-bond acceptors (Lipinski definition) is 2. The van der Waals surface area contributed by atoms with Crippen molar-refractivity contribution in [2.45, 2.75) is 19.3 Å². The van der Waals surface area contributed by atoms with Crippen molar-refractivity contribution in [3.05, 3.63) is 94.7 Å². The fourth-order valence-electron chi connectivity index (χ4n) is 3.48. The molecule has 0 aliphatic carbocycles. The minimum absolute atomic E-state index is 0.0519. The van der Waals surface area contributed by atoms with E-state index < -0.39 is 5.41 Å². The van der Waals surface area contributed by atoms with Gasteiger partial charge >= 0.3 is 0 Å². The molecule has 3 heteroatoms. The quantitative estimate of drug-likeness (QED) is 0.777. The van der Waals surface area contributed by atoms with Crippen LogP contribution in [0.2, 0.25) is 0 Å². The molecular formula is C21H18N2O. The lowest BCUT2D eigenvalue weighted by atomic mass is 9.70. The lowest BCUT2D eigenvalue weighted by Gasteiger charge is -2.29. The van der Waals surface area contributed by atoms with Crippen LogP contribution in [0.25, 0.3) is 0 Å². The van der Waals surface area contributed by atoms with Gasteiger partial charge in [-0.1, -0.05) is 65.7 Å². The van der Waals surface area contributed by atoms with Gasteiger partial charge in [-0.05, 0) is 31.0 Å². The van der Waals surface area contributed by atoms with Crippen LogP contribution in [0.3, 0.4) is 0 Å². The fraction of sp³-hybridized carbons (Fsp3) is 0.143. The highest BCUT2D eigenvalue weighted by atomic mass is 16.2. The molecule has 1 aromatic heterocycles. The van der Waals surface area contributed by atoms with E-state index in [1.165, 1.54) is 11.1 Å². The first kappa shape index (κ1) is 14.6. The number of aromatic nitrogens is 1. The van der Waals surface area contributed by atoms with Gasteiger partial charge in [-0.25, -0.2) is 4.98 Å². The minimum atomic E-state index is -0.856. The van der Waals surface area contributed by atoms with Gasteiger partial charge in [0.1, 0.15) is 11.2 Å². The van der Waals surface area contributed by atoms with E-state index in [1.54, 1.807) is 6.20 Å². The van der Waals surface area contributed by atoms with Crippen molar-refractivity contribution in [3.63, 3.8) is 0 Å². The number of nitrogens with one attached hydrogen (secondary N) is 1. The Morgan fingerprint density at radius 2 is 1.38 bits per heavy atom. The topological polar surface area (TPSA) is 42.0 Å². The highest BCUT2D eigenvalue weighted by molar-refractivity contribution is 6.10. The molecule has 1 aliphatic rings. The van der Waals surface area contributed by atoms with Gasteiger partial charge in [-0.15, -0.1) is 0 Å². The molecule has 1 N–H and O–H groups in total. The number of hydrogen-bond donors (Lipinski definition) is 1.